The monoisotopic (exact) mass is 262 g/mol. The Balaban J connectivity index is 2.34. The quantitative estimate of drug-likeness (QED) is 0.915. The van der Waals surface area contributed by atoms with E-state index < -0.39 is 0 Å². The minimum Gasteiger partial charge on any atom is -0.391 e. The van der Waals surface area contributed by atoms with Crippen LogP contribution in [-0.2, 0) is 6.61 Å². The van der Waals surface area contributed by atoms with E-state index in [1.807, 2.05) is 25.2 Å². The molecule has 4 heteroatoms. The van der Waals surface area contributed by atoms with Gasteiger partial charge in [-0.3, -0.25) is 0 Å². The predicted molar refractivity (Wildman–Crippen MR) is 76.6 cm³/mol. The van der Waals surface area contributed by atoms with Gasteiger partial charge in [0.05, 0.1) is 17.2 Å². The molecule has 0 spiro atoms. The van der Waals surface area contributed by atoms with Crippen molar-refractivity contribution in [3.8, 4) is 0 Å². The van der Waals surface area contributed by atoms with Gasteiger partial charge in [0.2, 0.25) is 0 Å². The molecular weight excluding hydrogens is 244 g/mol. The Labute approximate surface area is 112 Å². The molecule has 0 unspecified atom stereocenters. The van der Waals surface area contributed by atoms with E-state index in [1.54, 1.807) is 11.3 Å². The summed E-state index contributed by atoms with van der Waals surface area (Å²) >= 11 is 1.56. The summed E-state index contributed by atoms with van der Waals surface area (Å²) in [5.41, 5.74) is 2.10. The third kappa shape index (κ3) is 2.54. The molecule has 1 heterocycles. The first kappa shape index (κ1) is 13.1. The van der Waals surface area contributed by atoms with Crippen LogP contribution in [0.25, 0.3) is 0 Å². The Morgan fingerprint density at radius 2 is 1.94 bits per heavy atom. The van der Waals surface area contributed by atoms with Crippen molar-refractivity contribution in [3.63, 3.8) is 0 Å². The molecule has 0 amide bonds. The molecule has 0 aliphatic carbocycles. The largest absolute Gasteiger partial charge is 0.391 e. The Morgan fingerprint density at radius 3 is 2.44 bits per heavy atom. The fraction of sp³-hybridized carbons (Fsp3) is 0.357. The Morgan fingerprint density at radius 1 is 1.28 bits per heavy atom. The number of thiazole rings is 1. The molecule has 0 aliphatic heterocycles. The van der Waals surface area contributed by atoms with Gasteiger partial charge in [0.1, 0.15) is 0 Å². The topological polar surface area (TPSA) is 36.4 Å². The zero-order valence-corrected chi connectivity index (χ0v) is 11.7. The van der Waals surface area contributed by atoms with E-state index in [4.69, 9.17) is 0 Å². The van der Waals surface area contributed by atoms with Crippen molar-refractivity contribution in [3.05, 3.63) is 40.9 Å². The second-order valence-electron chi connectivity index (χ2n) is 4.51. The highest BCUT2D eigenvalue weighted by molar-refractivity contribution is 7.15. The van der Waals surface area contributed by atoms with Crippen LogP contribution in [0.4, 0.5) is 10.8 Å². The van der Waals surface area contributed by atoms with Crippen LogP contribution in [0.2, 0.25) is 0 Å². The number of nitrogens with zero attached hydrogens (tertiary/aromatic N) is 2. The summed E-state index contributed by atoms with van der Waals surface area (Å²) < 4.78 is 0. The number of rotatable bonds is 4. The maximum atomic E-state index is 9.38. The van der Waals surface area contributed by atoms with Gasteiger partial charge >= 0.3 is 0 Å². The van der Waals surface area contributed by atoms with Gasteiger partial charge in [-0.2, -0.15) is 0 Å². The summed E-state index contributed by atoms with van der Waals surface area (Å²) in [6.45, 7) is 4.26. The average Bonchev–Trinajstić information content (AvgIpc) is 2.83. The van der Waals surface area contributed by atoms with Crippen molar-refractivity contribution >= 4 is 22.2 Å². The molecule has 0 fully saturated rings. The number of aliphatic hydroxyl groups is 1. The maximum Gasteiger partial charge on any atom is 0.190 e. The summed E-state index contributed by atoms with van der Waals surface area (Å²) in [5, 5.41) is 10.3. The van der Waals surface area contributed by atoms with Crippen LogP contribution in [0.5, 0.6) is 0 Å². The maximum absolute atomic E-state index is 9.38. The molecule has 1 N–H and O–H groups in total. The lowest BCUT2D eigenvalue weighted by molar-refractivity contribution is 0.283. The summed E-state index contributed by atoms with van der Waals surface area (Å²) in [6.07, 6.45) is 0. The molecule has 0 atom stereocenters. The number of para-hydroxylation sites is 1. The van der Waals surface area contributed by atoms with E-state index in [-0.39, 0.29) is 6.61 Å². The molecular formula is C14H18N2OS. The highest BCUT2D eigenvalue weighted by Crippen LogP contribution is 2.33. The van der Waals surface area contributed by atoms with Gasteiger partial charge in [0.25, 0.3) is 0 Å². The number of benzene rings is 1. The van der Waals surface area contributed by atoms with Gasteiger partial charge in [0, 0.05) is 12.7 Å². The zero-order valence-electron chi connectivity index (χ0n) is 10.9. The van der Waals surface area contributed by atoms with Crippen molar-refractivity contribution in [2.24, 2.45) is 0 Å². The van der Waals surface area contributed by atoms with E-state index in [9.17, 15) is 5.11 Å². The highest BCUT2D eigenvalue weighted by atomic mass is 32.1. The van der Waals surface area contributed by atoms with Crippen LogP contribution in [0, 0.1) is 0 Å². The SMILES string of the molecule is CC(C)c1nc(N(C)c2ccccc2)sc1CO. The fourth-order valence-corrected chi connectivity index (χ4v) is 2.88. The number of hydrogen-bond donors (Lipinski definition) is 1. The van der Waals surface area contributed by atoms with E-state index in [0.717, 1.165) is 21.4 Å². The van der Waals surface area contributed by atoms with Crippen molar-refractivity contribution < 1.29 is 5.11 Å². The normalized spacial score (nSPS) is 10.9. The molecule has 0 saturated heterocycles. The first-order chi connectivity index (χ1) is 8.63. The Hall–Kier alpha value is -1.39. The second kappa shape index (κ2) is 5.50. The summed E-state index contributed by atoms with van der Waals surface area (Å²) in [4.78, 5) is 7.65. The van der Waals surface area contributed by atoms with Crippen molar-refractivity contribution in [1.29, 1.82) is 0 Å². The molecule has 3 nitrogen and oxygen atoms in total. The molecule has 0 bridgehead atoms. The first-order valence-electron chi connectivity index (χ1n) is 6.02. The molecule has 2 aromatic rings. The minimum absolute atomic E-state index is 0.0633. The van der Waals surface area contributed by atoms with Crippen LogP contribution < -0.4 is 4.90 Å². The lowest BCUT2D eigenvalue weighted by atomic mass is 10.1. The Kier molecular flexibility index (Phi) is 3.99. The summed E-state index contributed by atoms with van der Waals surface area (Å²) in [6, 6.07) is 10.1. The smallest absolute Gasteiger partial charge is 0.190 e. The first-order valence-corrected chi connectivity index (χ1v) is 6.84. The van der Waals surface area contributed by atoms with Gasteiger partial charge in [0.15, 0.2) is 5.13 Å². The summed E-state index contributed by atoms with van der Waals surface area (Å²) in [7, 11) is 2.00. The van der Waals surface area contributed by atoms with Crippen molar-refractivity contribution in [2.45, 2.75) is 26.4 Å². The van der Waals surface area contributed by atoms with E-state index in [0.29, 0.717) is 5.92 Å². The van der Waals surface area contributed by atoms with Gasteiger partial charge < -0.3 is 10.0 Å². The van der Waals surface area contributed by atoms with Crippen LogP contribution in [0.1, 0.15) is 30.3 Å². The predicted octanol–water partition coefficient (Wildman–Crippen LogP) is 3.53. The Bertz CT molecular complexity index is 508. The molecule has 0 radical (unpaired) electrons. The van der Waals surface area contributed by atoms with Gasteiger partial charge in [-0.15, -0.1) is 0 Å². The molecule has 0 saturated carbocycles. The molecule has 1 aromatic heterocycles. The van der Waals surface area contributed by atoms with Crippen LogP contribution >= 0.6 is 11.3 Å². The van der Waals surface area contributed by atoms with E-state index in [2.05, 4.69) is 35.9 Å². The van der Waals surface area contributed by atoms with Gasteiger partial charge in [-0.25, -0.2) is 4.98 Å². The number of aromatic nitrogens is 1. The molecule has 2 rings (SSSR count). The number of hydrogen-bond acceptors (Lipinski definition) is 4. The van der Waals surface area contributed by atoms with Gasteiger partial charge in [-0.05, 0) is 18.1 Å². The molecule has 96 valence electrons. The number of anilines is 2. The lowest BCUT2D eigenvalue weighted by Crippen LogP contribution is -2.08. The van der Waals surface area contributed by atoms with E-state index in [1.165, 1.54) is 0 Å². The van der Waals surface area contributed by atoms with Crippen LogP contribution in [0.3, 0.4) is 0 Å². The molecule has 0 aliphatic rings. The van der Waals surface area contributed by atoms with Crippen LogP contribution in [-0.4, -0.2) is 17.1 Å². The highest BCUT2D eigenvalue weighted by Gasteiger charge is 2.16. The zero-order chi connectivity index (χ0) is 13.1. The third-order valence-corrected chi connectivity index (χ3v) is 3.97. The van der Waals surface area contributed by atoms with E-state index >= 15 is 0 Å². The molecule has 18 heavy (non-hydrogen) atoms. The minimum atomic E-state index is 0.0633. The average molecular weight is 262 g/mol. The lowest BCUT2D eigenvalue weighted by Gasteiger charge is -2.15. The van der Waals surface area contributed by atoms with Crippen molar-refractivity contribution in [1.82, 2.24) is 4.98 Å². The fourth-order valence-electron chi connectivity index (χ4n) is 1.82. The van der Waals surface area contributed by atoms with Crippen LogP contribution in [0.15, 0.2) is 30.3 Å². The number of aliphatic hydroxyl groups excluding tert-OH is 1. The summed E-state index contributed by atoms with van der Waals surface area (Å²) in [5.74, 6) is 0.335. The van der Waals surface area contributed by atoms with Crippen molar-refractivity contribution in [2.75, 3.05) is 11.9 Å². The standard InChI is InChI=1S/C14H18N2OS/c1-10(2)13-12(9-17)18-14(15-13)16(3)11-7-5-4-6-8-11/h4-8,10,17H,9H2,1-3H3. The third-order valence-electron chi connectivity index (χ3n) is 2.84. The second-order valence-corrected chi connectivity index (χ2v) is 5.57. The molecule has 1 aromatic carbocycles. The van der Waals surface area contributed by atoms with Gasteiger partial charge in [-0.1, -0.05) is 43.4 Å².